The second-order valence-electron chi connectivity index (χ2n) is 8.21. The summed E-state index contributed by atoms with van der Waals surface area (Å²) in [6.45, 7) is 9.66. The Labute approximate surface area is 175 Å². The molecule has 0 aromatic carbocycles. The summed E-state index contributed by atoms with van der Waals surface area (Å²) >= 11 is 0. The van der Waals surface area contributed by atoms with Gasteiger partial charge in [-0.15, -0.1) is 24.0 Å². The lowest BCUT2D eigenvalue weighted by Crippen LogP contribution is -2.57. The van der Waals surface area contributed by atoms with E-state index in [9.17, 15) is 16.8 Å². The summed E-state index contributed by atoms with van der Waals surface area (Å²) in [5.41, 5.74) is 0. The van der Waals surface area contributed by atoms with Crippen molar-refractivity contribution in [3.8, 4) is 0 Å². The zero-order valence-corrected chi connectivity index (χ0v) is 20.0. The molecule has 26 heavy (non-hydrogen) atoms. The van der Waals surface area contributed by atoms with Crippen LogP contribution in [0.5, 0.6) is 0 Å². The summed E-state index contributed by atoms with van der Waals surface area (Å²) in [5.74, 6) is 1.77. The number of hydrogen-bond acceptors (Lipinski definition) is 5. The van der Waals surface area contributed by atoms with Gasteiger partial charge in [-0.2, -0.15) is 0 Å². The Morgan fingerprint density at radius 1 is 1.23 bits per heavy atom. The van der Waals surface area contributed by atoms with E-state index in [0.717, 1.165) is 0 Å². The third-order valence-corrected chi connectivity index (χ3v) is 9.19. The van der Waals surface area contributed by atoms with Gasteiger partial charge in [-0.3, -0.25) is 4.99 Å². The van der Waals surface area contributed by atoms with Crippen molar-refractivity contribution in [3.05, 3.63) is 0 Å². The highest BCUT2D eigenvalue weighted by Gasteiger charge is 2.41. The minimum Gasteiger partial charge on any atom is -0.356 e. The average Bonchev–Trinajstić information content (AvgIpc) is 2.81. The smallest absolute Gasteiger partial charge is 0.194 e. The summed E-state index contributed by atoms with van der Waals surface area (Å²) in [5, 5.41) is 3.31. The van der Waals surface area contributed by atoms with Crippen molar-refractivity contribution < 1.29 is 16.8 Å². The van der Waals surface area contributed by atoms with Gasteiger partial charge >= 0.3 is 0 Å². The van der Waals surface area contributed by atoms with E-state index in [4.69, 9.17) is 0 Å². The Bertz CT molecular complexity index is 718. The molecule has 0 saturated carbocycles. The third kappa shape index (κ3) is 6.22. The number of guanidine groups is 1. The molecule has 0 aromatic rings. The van der Waals surface area contributed by atoms with E-state index in [-0.39, 0.29) is 47.2 Å². The standard InChI is InChI=1S/C16H31N3O4S2.HI/c1-13(2)9-17-15(18-10-14-5-7-24(20,21)11-14)19-6-8-25(22,23)16(3,4)12-19;/h13-14H,5-12H2,1-4H3,(H,17,18);1H. The van der Waals surface area contributed by atoms with Gasteiger partial charge in [0.15, 0.2) is 25.6 Å². The lowest BCUT2D eigenvalue weighted by Gasteiger charge is -2.39. The first-order chi connectivity index (χ1) is 11.4. The van der Waals surface area contributed by atoms with Crippen molar-refractivity contribution >= 4 is 49.6 Å². The maximum Gasteiger partial charge on any atom is 0.194 e. The molecule has 1 N–H and O–H groups in total. The minimum absolute atomic E-state index is 0. The predicted molar refractivity (Wildman–Crippen MR) is 117 cm³/mol. The van der Waals surface area contributed by atoms with Gasteiger partial charge in [0.1, 0.15) is 0 Å². The second kappa shape index (κ2) is 8.93. The zero-order valence-electron chi connectivity index (χ0n) is 16.1. The summed E-state index contributed by atoms with van der Waals surface area (Å²) < 4.78 is 46.9. The molecule has 1 atom stereocenters. The van der Waals surface area contributed by atoms with Crippen LogP contribution in [0.4, 0.5) is 0 Å². The number of halogens is 1. The van der Waals surface area contributed by atoms with Crippen LogP contribution in [0.1, 0.15) is 34.1 Å². The number of hydrogen-bond donors (Lipinski definition) is 1. The van der Waals surface area contributed by atoms with E-state index in [1.165, 1.54) is 0 Å². The van der Waals surface area contributed by atoms with E-state index in [1.807, 2.05) is 4.90 Å². The van der Waals surface area contributed by atoms with Gasteiger partial charge in [-0.1, -0.05) is 13.8 Å². The van der Waals surface area contributed by atoms with Crippen LogP contribution in [-0.2, 0) is 19.7 Å². The molecule has 0 aliphatic carbocycles. The molecule has 0 aromatic heterocycles. The summed E-state index contributed by atoms with van der Waals surface area (Å²) in [6, 6.07) is 0. The van der Waals surface area contributed by atoms with Crippen LogP contribution in [0.3, 0.4) is 0 Å². The topological polar surface area (TPSA) is 95.9 Å². The van der Waals surface area contributed by atoms with Crippen LogP contribution < -0.4 is 5.32 Å². The van der Waals surface area contributed by atoms with E-state index in [1.54, 1.807) is 13.8 Å². The Balaban J connectivity index is 0.00000338. The van der Waals surface area contributed by atoms with Gasteiger partial charge in [0.25, 0.3) is 0 Å². The zero-order chi connectivity index (χ0) is 18.9. The van der Waals surface area contributed by atoms with Crippen LogP contribution in [-0.4, -0.2) is 75.9 Å². The molecular formula is C16H32IN3O4S2. The van der Waals surface area contributed by atoms with Gasteiger partial charge in [0.2, 0.25) is 0 Å². The molecule has 0 spiro atoms. The fourth-order valence-electron chi connectivity index (χ4n) is 3.13. The first-order valence-electron chi connectivity index (χ1n) is 8.88. The molecule has 0 radical (unpaired) electrons. The number of nitrogens with zero attached hydrogens (tertiary/aromatic N) is 2. The highest BCUT2D eigenvalue weighted by atomic mass is 127. The third-order valence-electron chi connectivity index (χ3n) is 4.82. The SMILES string of the molecule is CC(C)CN=C(NCC1CCS(=O)(=O)C1)N1CCS(=O)(=O)C(C)(C)C1.I. The molecule has 154 valence electrons. The Hall–Kier alpha value is -0.100. The lowest BCUT2D eigenvalue weighted by atomic mass is 10.1. The number of rotatable bonds is 4. The molecule has 2 fully saturated rings. The molecular weight excluding hydrogens is 489 g/mol. The van der Waals surface area contributed by atoms with Crippen molar-refractivity contribution in [2.75, 3.05) is 43.4 Å². The van der Waals surface area contributed by atoms with Crippen LogP contribution in [0.2, 0.25) is 0 Å². The Kier molecular flexibility index (Phi) is 8.23. The van der Waals surface area contributed by atoms with Gasteiger partial charge in [-0.25, -0.2) is 16.8 Å². The predicted octanol–water partition coefficient (Wildman–Crippen LogP) is 1.15. The normalized spacial score (nSPS) is 27.2. The van der Waals surface area contributed by atoms with Crippen molar-refractivity contribution in [2.24, 2.45) is 16.8 Å². The summed E-state index contributed by atoms with van der Waals surface area (Å²) in [4.78, 5) is 6.64. The lowest BCUT2D eigenvalue weighted by molar-refractivity contribution is 0.349. The van der Waals surface area contributed by atoms with Crippen LogP contribution >= 0.6 is 24.0 Å². The fourth-order valence-corrected chi connectivity index (χ4v) is 6.36. The molecule has 0 bridgehead atoms. The largest absolute Gasteiger partial charge is 0.356 e. The molecule has 2 heterocycles. The van der Waals surface area contributed by atoms with Crippen molar-refractivity contribution in [2.45, 2.75) is 38.9 Å². The number of nitrogens with one attached hydrogen (secondary N) is 1. The minimum atomic E-state index is -3.11. The monoisotopic (exact) mass is 521 g/mol. The van der Waals surface area contributed by atoms with Crippen molar-refractivity contribution in [1.82, 2.24) is 10.2 Å². The van der Waals surface area contributed by atoms with E-state index < -0.39 is 24.4 Å². The average molecular weight is 521 g/mol. The molecule has 1 unspecified atom stereocenters. The summed E-state index contributed by atoms with van der Waals surface area (Å²) in [6.07, 6.45) is 0.673. The van der Waals surface area contributed by atoms with Gasteiger partial charge < -0.3 is 10.2 Å². The fraction of sp³-hybridized carbons (Fsp3) is 0.938. The van der Waals surface area contributed by atoms with E-state index in [0.29, 0.717) is 44.5 Å². The first-order valence-corrected chi connectivity index (χ1v) is 12.4. The highest BCUT2D eigenvalue weighted by molar-refractivity contribution is 14.0. The molecule has 2 saturated heterocycles. The van der Waals surface area contributed by atoms with Crippen molar-refractivity contribution in [3.63, 3.8) is 0 Å². The first kappa shape index (κ1) is 23.9. The number of sulfone groups is 2. The Morgan fingerprint density at radius 3 is 2.38 bits per heavy atom. The molecule has 2 aliphatic rings. The Morgan fingerprint density at radius 2 is 1.88 bits per heavy atom. The van der Waals surface area contributed by atoms with Gasteiger partial charge in [0.05, 0.1) is 22.0 Å². The van der Waals surface area contributed by atoms with Gasteiger partial charge in [-0.05, 0) is 32.1 Å². The highest BCUT2D eigenvalue weighted by Crippen LogP contribution is 2.24. The van der Waals surface area contributed by atoms with Gasteiger partial charge in [0, 0.05) is 26.2 Å². The molecule has 2 rings (SSSR count). The van der Waals surface area contributed by atoms with E-state index >= 15 is 0 Å². The maximum absolute atomic E-state index is 12.2. The molecule has 7 nitrogen and oxygen atoms in total. The maximum atomic E-state index is 12.2. The van der Waals surface area contributed by atoms with Crippen LogP contribution in [0, 0.1) is 11.8 Å². The quantitative estimate of drug-likeness (QED) is 0.339. The molecule has 10 heteroatoms. The van der Waals surface area contributed by atoms with Crippen molar-refractivity contribution in [1.29, 1.82) is 0 Å². The molecule has 0 amide bonds. The van der Waals surface area contributed by atoms with Crippen LogP contribution in [0.15, 0.2) is 4.99 Å². The molecule has 2 aliphatic heterocycles. The van der Waals surface area contributed by atoms with E-state index in [2.05, 4.69) is 24.2 Å². The van der Waals surface area contributed by atoms with Crippen LogP contribution in [0.25, 0.3) is 0 Å². The summed E-state index contributed by atoms with van der Waals surface area (Å²) in [7, 11) is -6.01. The second-order valence-corrected chi connectivity index (χ2v) is 13.2. The number of aliphatic imine (C=N–C) groups is 1.